The number of ether oxygens (including phenoxy) is 3. The zero-order valence-corrected chi connectivity index (χ0v) is 15.9. The van der Waals surface area contributed by atoms with E-state index >= 15 is 0 Å². The van der Waals surface area contributed by atoms with Gasteiger partial charge in [-0.15, -0.1) is 0 Å². The molecule has 1 aliphatic rings. The Labute approximate surface area is 151 Å². The van der Waals surface area contributed by atoms with E-state index in [-0.39, 0.29) is 11.6 Å². The van der Waals surface area contributed by atoms with E-state index in [1.54, 1.807) is 6.07 Å². The number of rotatable bonds is 7. The van der Waals surface area contributed by atoms with Crippen LogP contribution in [0.1, 0.15) is 49.5 Å². The van der Waals surface area contributed by atoms with Gasteiger partial charge in [0.2, 0.25) is 0 Å². The molecule has 0 aromatic heterocycles. The van der Waals surface area contributed by atoms with Gasteiger partial charge in [0.05, 0.1) is 18.3 Å². The summed E-state index contributed by atoms with van der Waals surface area (Å²) in [5.74, 6) is 0.376. The minimum absolute atomic E-state index is 0.161. The number of nitrogens with zero attached hydrogens (tertiary/aromatic N) is 1. The van der Waals surface area contributed by atoms with Gasteiger partial charge >= 0.3 is 5.97 Å². The van der Waals surface area contributed by atoms with Gasteiger partial charge in [-0.25, -0.2) is 4.79 Å². The Kier molecular flexibility index (Phi) is 7.41. The van der Waals surface area contributed by atoms with Crippen molar-refractivity contribution in [3.8, 4) is 0 Å². The minimum Gasteiger partial charge on any atom is -0.465 e. The van der Waals surface area contributed by atoms with E-state index in [1.165, 1.54) is 12.7 Å². The maximum absolute atomic E-state index is 11.6. The van der Waals surface area contributed by atoms with Crippen molar-refractivity contribution < 1.29 is 19.0 Å². The molecule has 25 heavy (non-hydrogen) atoms. The summed E-state index contributed by atoms with van der Waals surface area (Å²) in [7, 11) is 1.42. The molecule has 0 aliphatic carbocycles. The summed E-state index contributed by atoms with van der Waals surface area (Å²) in [5, 5.41) is 0. The van der Waals surface area contributed by atoms with Crippen LogP contribution in [0.3, 0.4) is 0 Å². The monoisotopic (exact) mass is 349 g/mol. The molecule has 0 saturated carbocycles. The van der Waals surface area contributed by atoms with Crippen LogP contribution in [0.15, 0.2) is 24.3 Å². The molecule has 1 saturated heterocycles. The maximum Gasteiger partial charge on any atom is 0.337 e. The molecule has 5 heteroatoms. The van der Waals surface area contributed by atoms with Crippen molar-refractivity contribution >= 4 is 5.97 Å². The zero-order chi connectivity index (χ0) is 18.3. The molecule has 1 aromatic rings. The smallest absolute Gasteiger partial charge is 0.337 e. The Morgan fingerprint density at radius 3 is 2.60 bits per heavy atom. The number of methoxy groups -OCH3 is 1. The van der Waals surface area contributed by atoms with E-state index in [2.05, 4.69) is 11.0 Å². The van der Waals surface area contributed by atoms with E-state index in [9.17, 15) is 4.79 Å². The summed E-state index contributed by atoms with van der Waals surface area (Å²) in [5.41, 5.74) is 1.67. The van der Waals surface area contributed by atoms with Crippen molar-refractivity contribution in [2.75, 3.05) is 33.7 Å². The van der Waals surface area contributed by atoms with Crippen LogP contribution < -0.4 is 0 Å². The summed E-state index contributed by atoms with van der Waals surface area (Å²) < 4.78 is 16.0. The zero-order valence-electron chi connectivity index (χ0n) is 15.9. The molecule has 0 spiro atoms. The first kappa shape index (κ1) is 19.9. The summed E-state index contributed by atoms with van der Waals surface area (Å²) in [4.78, 5) is 14.0. The van der Waals surface area contributed by atoms with Crippen molar-refractivity contribution in [3.05, 3.63) is 35.4 Å². The first-order valence-corrected chi connectivity index (χ1v) is 8.98. The SMILES string of the molecule is COC(=O)c1cccc(CC2CCN(COCOC(C)(C)C)CC2)c1. The summed E-state index contributed by atoms with van der Waals surface area (Å²) in [6.45, 7) is 9.11. The summed E-state index contributed by atoms with van der Waals surface area (Å²) >= 11 is 0. The maximum atomic E-state index is 11.6. The van der Waals surface area contributed by atoms with Crippen molar-refractivity contribution in [2.45, 2.75) is 45.6 Å². The van der Waals surface area contributed by atoms with Gasteiger partial charge in [0.25, 0.3) is 0 Å². The van der Waals surface area contributed by atoms with Gasteiger partial charge in [0, 0.05) is 13.1 Å². The van der Waals surface area contributed by atoms with E-state index < -0.39 is 0 Å². The van der Waals surface area contributed by atoms with Gasteiger partial charge in [0.1, 0.15) is 13.5 Å². The van der Waals surface area contributed by atoms with Crippen LogP contribution in [0.2, 0.25) is 0 Å². The quantitative estimate of drug-likeness (QED) is 0.428. The van der Waals surface area contributed by atoms with Gasteiger partial charge in [-0.2, -0.15) is 0 Å². The first-order chi connectivity index (χ1) is 11.9. The van der Waals surface area contributed by atoms with Crippen molar-refractivity contribution in [1.82, 2.24) is 4.90 Å². The highest BCUT2D eigenvalue weighted by molar-refractivity contribution is 5.89. The van der Waals surface area contributed by atoms with Gasteiger partial charge in [0.15, 0.2) is 0 Å². The van der Waals surface area contributed by atoms with E-state index in [0.29, 0.717) is 25.0 Å². The fourth-order valence-corrected chi connectivity index (χ4v) is 2.98. The average molecular weight is 349 g/mol. The van der Waals surface area contributed by atoms with Crippen LogP contribution in [0.25, 0.3) is 0 Å². The minimum atomic E-state index is -0.272. The van der Waals surface area contributed by atoms with Gasteiger partial charge in [-0.3, -0.25) is 4.90 Å². The van der Waals surface area contributed by atoms with Gasteiger partial charge < -0.3 is 14.2 Å². The predicted molar refractivity (Wildman–Crippen MR) is 97.4 cm³/mol. The third-order valence-electron chi connectivity index (χ3n) is 4.43. The van der Waals surface area contributed by atoms with Crippen LogP contribution in [0, 0.1) is 5.92 Å². The number of hydrogen-bond acceptors (Lipinski definition) is 5. The number of piperidine rings is 1. The second-order valence-electron chi connectivity index (χ2n) is 7.67. The van der Waals surface area contributed by atoms with Crippen LogP contribution in [0.4, 0.5) is 0 Å². The Balaban J connectivity index is 1.71. The van der Waals surface area contributed by atoms with Crippen LogP contribution in [0.5, 0.6) is 0 Å². The third-order valence-corrected chi connectivity index (χ3v) is 4.43. The first-order valence-electron chi connectivity index (χ1n) is 8.98. The number of likely N-dealkylation sites (tertiary alicyclic amines) is 1. The molecule has 1 fully saturated rings. The fraction of sp³-hybridized carbons (Fsp3) is 0.650. The molecule has 140 valence electrons. The molecule has 0 radical (unpaired) electrons. The second kappa shape index (κ2) is 9.32. The molecule has 1 aromatic carbocycles. The highest BCUT2D eigenvalue weighted by Gasteiger charge is 2.20. The lowest BCUT2D eigenvalue weighted by atomic mass is 9.90. The lowest BCUT2D eigenvalue weighted by Crippen LogP contribution is -2.36. The van der Waals surface area contributed by atoms with E-state index in [4.69, 9.17) is 14.2 Å². The molecular weight excluding hydrogens is 318 g/mol. The number of carbonyl (C=O) groups excluding carboxylic acids is 1. The molecular formula is C20H31NO4. The molecule has 2 rings (SSSR count). The van der Waals surface area contributed by atoms with Crippen molar-refractivity contribution in [3.63, 3.8) is 0 Å². The molecule has 0 unspecified atom stereocenters. The number of carbonyl (C=O) groups is 1. The highest BCUT2D eigenvalue weighted by atomic mass is 16.7. The Morgan fingerprint density at radius 2 is 1.96 bits per heavy atom. The fourth-order valence-electron chi connectivity index (χ4n) is 2.98. The molecule has 0 amide bonds. The van der Waals surface area contributed by atoms with Crippen LogP contribution in [-0.4, -0.2) is 50.2 Å². The third kappa shape index (κ3) is 7.14. The standard InChI is InChI=1S/C20H31NO4/c1-20(2,3)25-15-24-14-21-10-8-16(9-11-21)12-17-6-5-7-18(13-17)19(22)23-4/h5-7,13,16H,8-12,14-15H2,1-4H3. The normalized spacial score (nSPS) is 16.8. The summed E-state index contributed by atoms with van der Waals surface area (Å²) in [6, 6.07) is 7.77. The van der Waals surface area contributed by atoms with Gasteiger partial charge in [-0.05, 0) is 63.6 Å². The Bertz CT molecular complexity index is 545. The molecule has 1 aliphatic heterocycles. The van der Waals surface area contributed by atoms with Gasteiger partial charge in [-0.1, -0.05) is 12.1 Å². The van der Waals surface area contributed by atoms with Crippen molar-refractivity contribution in [1.29, 1.82) is 0 Å². The van der Waals surface area contributed by atoms with Crippen LogP contribution >= 0.6 is 0 Å². The lowest BCUT2D eigenvalue weighted by molar-refractivity contribution is -0.143. The highest BCUT2D eigenvalue weighted by Crippen LogP contribution is 2.22. The number of esters is 1. The van der Waals surface area contributed by atoms with Crippen molar-refractivity contribution in [2.24, 2.45) is 5.92 Å². The number of hydrogen-bond donors (Lipinski definition) is 0. The summed E-state index contributed by atoms with van der Waals surface area (Å²) in [6.07, 6.45) is 3.30. The Hall–Kier alpha value is -1.43. The Morgan fingerprint density at radius 1 is 1.24 bits per heavy atom. The second-order valence-corrected chi connectivity index (χ2v) is 7.67. The topological polar surface area (TPSA) is 48.0 Å². The molecule has 0 atom stereocenters. The predicted octanol–water partition coefficient (Wildman–Crippen LogP) is 3.47. The molecule has 0 N–H and O–H groups in total. The largest absolute Gasteiger partial charge is 0.465 e. The molecule has 0 bridgehead atoms. The number of benzene rings is 1. The molecule has 5 nitrogen and oxygen atoms in total. The van der Waals surface area contributed by atoms with E-state index in [0.717, 1.165) is 32.4 Å². The molecule has 1 heterocycles. The van der Waals surface area contributed by atoms with E-state index in [1.807, 2.05) is 32.9 Å². The average Bonchev–Trinajstić information content (AvgIpc) is 2.59. The van der Waals surface area contributed by atoms with Crippen LogP contribution in [-0.2, 0) is 20.6 Å². The lowest BCUT2D eigenvalue weighted by Gasteiger charge is -2.32.